The van der Waals surface area contributed by atoms with E-state index in [1.165, 1.54) is 84.9 Å². The summed E-state index contributed by atoms with van der Waals surface area (Å²) in [4.78, 5) is 0. The molecule has 0 saturated carbocycles. The van der Waals surface area contributed by atoms with Crippen LogP contribution in [-0.2, 0) is 6.04 Å². The highest BCUT2D eigenvalue weighted by atomic mass is 32.1. The van der Waals surface area contributed by atoms with Crippen molar-refractivity contribution in [2.24, 2.45) is 0 Å². The molecule has 0 aliphatic carbocycles. The maximum Gasteiger partial charge on any atom is 0.152 e. The van der Waals surface area contributed by atoms with Gasteiger partial charge in [0, 0.05) is 63.9 Å². The molecule has 66 heavy (non-hydrogen) atoms. The Hall–Kier alpha value is -7.96. The zero-order valence-corrected chi connectivity index (χ0v) is 37.7. The normalized spacial score (nSPS) is 12.3. The molecule has 14 aromatic rings. The molecular formula is C61H40N2OSSi. The van der Waals surface area contributed by atoms with Crippen LogP contribution < -0.4 is 15.6 Å². The third kappa shape index (κ3) is 5.48. The van der Waals surface area contributed by atoms with E-state index in [4.69, 9.17) is 4.42 Å². The van der Waals surface area contributed by atoms with Crippen molar-refractivity contribution in [3.63, 3.8) is 0 Å². The molecule has 0 aliphatic heterocycles. The van der Waals surface area contributed by atoms with E-state index < -0.39 is 8.07 Å². The number of rotatable bonds is 7. The topological polar surface area (TPSA) is 23.0 Å². The summed E-state index contributed by atoms with van der Waals surface area (Å²) in [5, 5.41) is 14.2. The first-order valence-corrected chi connectivity index (χ1v) is 25.7. The lowest BCUT2D eigenvalue weighted by Crippen LogP contribution is -2.68. The zero-order chi connectivity index (χ0) is 43.3. The van der Waals surface area contributed by atoms with Crippen molar-refractivity contribution in [2.45, 2.75) is 6.04 Å². The summed E-state index contributed by atoms with van der Waals surface area (Å²) in [6.07, 6.45) is 0. The van der Waals surface area contributed by atoms with Gasteiger partial charge in [0.15, 0.2) is 8.07 Å². The first-order valence-electron chi connectivity index (χ1n) is 22.7. The van der Waals surface area contributed by atoms with Gasteiger partial charge in [-0.15, -0.1) is 11.3 Å². The molecule has 14 rings (SSSR count). The Kier molecular flexibility index (Phi) is 8.24. The van der Waals surface area contributed by atoms with E-state index in [-0.39, 0.29) is 0 Å². The summed E-state index contributed by atoms with van der Waals surface area (Å²) in [5.41, 5.74) is 10.2. The van der Waals surface area contributed by atoms with Gasteiger partial charge in [-0.25, -0.2) is 0 Å². The first-order chi connectivity index (χ1) is 32.7. The van der Waals surface area contributed by atoms with Crippen molar-refractivity contribution in [1.82, 2.24) is 9.13 Å². The van der Waals surface area contributed by atoms with Crippen LogP contribution in [0.5, 0.6) is 0 Å². The lowest BCUT2D eigenvalue weighted by atomic mass is 10.1. The van der Waals surface area contributed by atoms with E-state index in [1.54, 1.807) is 0 Å². The highest BCUT2D eigenvalue weighted by molar-refractivity contribution is 7.26. The van der Waals surface area contributed by atoms with Crippen LogP contribution in [0.3, 0.4) is 0 Å². The van der Waals surface area contributed by atoms with Crippen molar-refractivity contribution >= 4 is 121 Å². The Labute approximate surface area is 385 Å². The van der Waals surface area contributed by atoms with E-state index in [9.17, 15) is 0 Å². The molecule has 0 fully saturated rings. The Balaban J connectivity index is 0.987. The van der Waals surface area contributed by atoms with Crippen LogP contribution in [0.2, 0.25) is 0 Å². The monoisotopic (exact) mass is 876 g/mol. The summed E-state index contributed by atoms with van der Waals surface area (Å²) < 4.78 is 13.8. The molecule has 310 valence electrons. The minimum absolute atomic E-state index is 0.901. The standard InChI is InChI=1S/C61H40N2OSSi/c1-3-17-43(18-4-1)66(44-19-5-2-6-20-44,45-32-35-60-52(38-45)48-23-10-14-29-59(48)65-60)39-40-16-15-27-56-61(40)49-24-8-12-26-54(49)63(56)41-30-33-55-50(36-41)46-21-7-11-25-53(46)62(55)42-31-34-58-51(37-42)47-22-9-13-28-57(47)64-58/h1-38H,39H2. The summed E-state index contributed by atoms with van der Waals surface area (Å²) in [5.74, 6) is 0. The van der Waals surface area contributed by atoms with Crippen LogP contribution in [0.1, 0.15) is 5.56 Å². The largest absolute Gasteiger partial charge is 0.456 e. The maximum atomic E-state index is 6.25. The molecule has 10 aromatic carbocycles. The van der Waals surface area contributed by atoms with Crippen molar-refractivity contribution in [3.05, 3.63) is 236 Å². The smallest absolute Gasteiger partial charge is 0.152 e. The molecule has 0 amide bonds. The molecule has 0 unspecified atom stereocenters. The quantitative estimate of drug-likeness (QED) is 0.116. The van der Waals surface area contributed by atoms with E-state index in [2.05, 4.69) is 228 Å². The van der Waals surface area contributed by atoms with Crippen LogP contribution in [-0.4, -0.2) is 17.2 Å². The van der Waals surface area contributed by atoms with Crippen molar-refractivity contribution < 1.29 is 4.42 Å². The molecule has 0 radical (unpaired) electrons. The fraction of sp³-hybridized carbons (Fsp3) is 0.0164. The summed E-state index contributed by atoms with van der Waals surface area (Å²) >= 11 is 1.89. The zero-order valence-electron chi connectivity index (χ0n) is 35.9. The van der Waals surface area contributed by atoms with Gasteiger partial charge in [0.25, 0.3) is 0 Å². The summed E-state index contributed by atoms with van der Waals surface area (Å²) in [7, 11) is -2.75. The van der Waals surface area contributed by atoms with Gasteiger partial charge in [0.2, 0.25) is 0 Å². The molecule has 3 nitrogen and oxygen atoms in total. The molecule has 5 heteroatoms. The molecule has 4 heterocycles. The van der Waals surface area contributed by atoms with Gasteiger partial charge in [-0.1, -0.05) is 158 Å². The molecule has 0 bridgehead atoms. The number of hydrogen-bond donors (Lipinski definition) is 0. The number of hydrogen-bond acceptors (Lipinski definition) is 2. The minimum Gasteiger partial charge on any atom is -0.456 e. The van der Waals surface area contributed by atoms with Crippen molar-refractivity contribution in [2.75, 3.05) is 0 Å². The highest BCUT2D eigenvalue weighted by Crippen LogP contribution is 2.40. The molecule has 4 aromatic heterocycles. The number of fused-ring (bicyclic) bond motifs is 12. The second-order valence-corrected chi connectivity index (χ2v) is 22.6. The van der Waals surface area contributed by atoms with Crippen LogP contribution in [0.4, 0.5) is 0 Å². The fourth-order valence-electron chi connectivity index (χ4n) is 11.3. The number of para-hydroxylation sites is 3. The minimum atomic E-state index is -2.75. The molecule has 0 atom stereocenters. The van der Waals surface area contributed by atoms with Gasteiger partial charge >= 0.3 is 0 Å². The predicted octanol–water partition coefficient (Wildman–Crippen LogP) is 14.4. The highest BCUT2D eigenvalue weighted by Gasteiger charge is 2.40. The van der Waals surface area contributed by atoms with Gasteiger partial charge in [0.05, 0.1) is 22.1 Å². The maximum absolute atomic E-state index is 6.25. The first kappa shape index (κ1) is 37.4. The fourth-order valence-corrected chi connectivity index (χ4v) is 17.1. The third-order valence-corrected chi connectivity index (χ3v) is 20.2. The molecule has 0 N–H and O–H groups in total. The SMILES string of the molecule is c1ccc([Si](Cc2cccc3c2c2ccccc2n3-c2ccc3c(c2)c2ccccc2n3-c2ccc3oc4ccccc4c3c2)(c2ccccc2)c2ccc3sc4ccccc4c3c2)cc1. The average molecular weight is 877 g/mol. The van der Waals surface area contributed by atoms with E-state index in [0.717, 1.165) is 39.4 Å². The van der Waals surface area contributed by atoms with Crippen LogP contribution >= 0.6 is 11.3 Å². The second-order valence-electron chi connectivity index (χ2n) is 17.6. The third-order valence-electron chi connectivity index (χ3n) is 14.2. The Morgan fingerprint density at radius 3 is 1.70 bits per heavy atom. The second kappa shape index (κ2) is 14.5. The van der Waals surface area contributed by atoms with Gasteiger partial charge in [-0.3, -0.25) is 0 Å². The number of aromatic nitrogens is 2. The van der Waals surface area contributed by atoms with Crippen LogP contribution in [0.15, 0.2) is 235 Å². The molecule has 0 spiro atoms. The number of benzene rings is 10. The predicted molar refractivity (Wildman–Crippen MR) is 283 cm³/mol. The molecular weight excluding hydrogens is 837 g/mol. The van der Waals surface area contributed by atoms with E-state index in [0.29, 0.717) is 0 Å². The van der Waals surface area contributed by atoms with Gasteiger partial charge in [-0.05, 0) is 100.0 Å². The Bertz CT molecular complexity index is 4170. The van der Waals surface area contributed by atoms with Gasteiger partial charge in [-0.2, -0.15) is 0 Å². The Morgan fingerprint density at radius 2 is 0.909 bits per heavy atom. The van der Waals surface area contributed by atoms with Gasteiger partial charge < -0.3 is 13.6 Å². The van der Waals surface area contributed by atoms with Gasteiger partial charge in [0.1, 0.15) is 11.2 Å². The summed E-state index contributed by atoms with van der Waals surface area (Å²) in [6.45, 7) is 0. The lowest BCUT2D eigenvalue weighted by Gasteiger charge is -2.34. The van der Waals surface area contributed by atoms with Crippen molar-refractivity contribution in [1.29, 1.82) is 0 Å². The number of thiophene rings is 1. The average Bonchev–Trinajstić information content (AvgIpc) is 4.13. The molecule has 0 aliphatic rings. The number of furan rings is 1. The van der Waals surface area contributed by atoms with Crippen molar-refractivity contribution in [3.8, 4) is 11.4 Å². The number of nitrogens with zero attached hydrogens (tertiary/aromatic N) is 2. The van der Waals surface area contributed by atoms with Crippen LogP contribution in [0.25, 0.3) is 97.1 Å². The van der Waals surface area contributed by atoms with E-state index >= 15 is 0 Å². The summed E-state index contributed by atoms with van der Waals surface area (Å²) in [6, 6.07) is 86.8. The Morgan fingerprint density at radius 1 is 0.348 bits per heavy atom. The lowest BCUT2D eigenvalue weighted by molar-refractivity contribution is 0.669. The molecule has 0 saturated heterocycles. The van der Waals surface area contributed by atoms with Crippen LogP contribution in [0, 0.1) is 0 Å². The van der Waals surface area contributed by atoms with E-state index in [1.807, 2.05) is 23.5 Å².